The summed E-state index contributed by atoms with van der Waals surface area (Å²) in [7, 11) is 0. The maximum absolute atomic E-state index is 13.3. The molecule has 7 rings (SSSR count). The molecule has 1 atom stereocenters. The van der Waals surface area contributed by atoms with Gasteiger partial charge in [-0.2, -0.15) is 0 Å². The predicted octanol–water partition coefficient (Wildman–Crippen LogP) is 3.23. The van der Waals surface area contributed by atoms with Gasteiger partial charge >= 0.3 is 0 Å². The normalized spacial score (nSPS) is 24.1. The molecule has 178 valence electrons. The molecule has 2 aromatic carbocycles. The highest BCUT2D eigenvalue weighted by Crippen LogP contribution is 2.46. The molecule has 0 bridgehead atoms. The van der Waals surface area contributed by atoms with Crippen molar-refractivity contribution in [2.75, 3.05) is 25.0 Å². The number of benzene rings is 2. The van der Waals surface area contributed by atoms with Crippen LogP contribution in [0.5, 0.6) is 0 Å². The number of nitrogens with zero attached hydrogens (tertiary/aromatic N) is 3. The summed E-state index contributed by atoms with van der Waals surface area (Å²) in [6.45, 7) is 2.17. The van der Waals surface area contributed by atoms with Gasteiger partial charge in [-0.05, 0) is 66.8 Å². The minimum atomic E-state index is -0.546. The van der Waals surface area contributed by atoms with Crippen molar-refractivity contribution in [2.24, 2.45) is 16.8 Å². The summed E-state index contributed by atoms with van der Waals surface area (Å²) in [5.41, 5.74) is 4.46. The van der Waals surface area contributed by atoms with Gasteiger partial charge in [0.25, 0.3) is 5.91 Å². The molecule has 7 nitrogen and oxygen atoms in total. The summed E-state index contributed by atoms with van der Waals surface area (Å²) in [5.74, 6) is 1.77. The van der Waals surface area contributed by atoms with Crippen molar-refractivity contribution in [3.8, 4) is 11.1 Å². The van der Waals surface area contributed by atoms with Crippen molar-refractivity contribution < 1.29 is 14.4 Å². The third kappa shape index (κ3) is 3.56. The number of rotatable bonds is 5. The molecule has 0 aromatic heterocycles. The first-order chi connectivity index (χ1) is 17.0. The molecule has 3 heterocycles. The van der Waals surface area contributed by atoms with Gasteiger partial charge in [0.2, 0.25) is 11.8 Å². The number of likely N-dealkylation sites (tertiary alicyclic amines) is 1. The van der Waals surface area contributed by atoms with Gasteiger partial charge in [-0.15, -0.1) is 0 Å². The highest BCUT2D eigenvalue weighted by Gasteiger charge is 2.57. The number of aliphatic imine (C=N–C) groups is 1. The average molecular weight is 469 g/mol. The fourth-order valence-electron chi connectivity index (χ4n) is 5.74. The lowest BCUT2D eigenvalue weighted by Gasteiger charge is -2.23. The van der Waals surface area contributed by atoms with Crippen molar-refractivity contribution in [2.45, 2.75) is 44.1 Å². The van der Waals surface area contributed by atoms with E-state index in [1.54, 1.807) is 0 Å². The summed E-state index contributed by atoms with van der Waals surface area (Å²) in [4.78, 5) is 46.3. The van der Waals surface area contributed by atoms with Crippen LogP contribution in [-0.2, 0) is 20.8 Å². The topological polar surface area (TPSA) is 82.1 Å². The van der Waals surface area contributed by atoms with E-state index in [0.29, 0.717) is 24.8 Å². The molecule has 0 radical (unpaired) electrons. The second-order valence-electron chi connectivity index (χ2n) is 10.8. The maximum atomic E-state index is 13.3. The van der Waals surface area contributed by atoms with Crippen LogP contribution in [0.3, 0.4) is 0 Å². The van der Waals surface area contributed by atoms with Gasteiger partial charge in [-0.3, -0.25) is 24.3 Å². The molecule has 3 amide bonds. The number of amides is 3. The molecule has 1 spiro atoms. The minimum absolute atomic E-state index is 0.0350. The molecule has 3 fully saturated rings. The van der Waals surface area contributed by atoms with Crippen molar-refractivity contribution in [3.63, 3.8) is 0 Å². The van der Waals surface area contributed by atoms with Crippen LogP contribution >= 0.6 is 0 Å². The zero-order valence-corrected chi connectivity index (χ0v) is 19.6. The van der Waals surface area contributed by atoms with E-state index in [9.17, 15) is 14.4 Å². The lowest BCUT2D eigenvalue weighted by atomic mass is 10.00. The van der Waals surface area contributed by atoms with E-state index in [4.69, 9.17) is 4.99 Å². The molecule has 2 aliphatic carbocycles. The monoisotopic (exact) mass is 468 g/mol. The highest BCUT2D eigenvalue weighted by atomic mass is 16.2. The lowest BCUT2D eigenvalue weighted by molar-refractivity contribution is -0.131. The number of fused-ring (bicyclic) bond motifs is 1. The van der Waals surface area contributed by atoms with E-state index in [1.165, 1.54) is 0 Å². The minimum Gasteiger partial charge on any atom is -0.342 e. The number of carbonyl (C=O) groups excluding carboxylic acids is 3. The van der Waals surface area contributed by atoms with Gasteiger partial charge in [0.1, 0.15) is 11.4 Å². The van der Waals surface area contributed by atoms with E-state index in [-0.39, 0.29) is 17.7 Å². The van der Waals surface area contributed by atoms with Crippen molar-refractivity contribution >= 4 is 29.2 Å². The number of amidine groups is 1. The predicted molar refractivity (Wildman–Crippen MR) is 132 cm³/mol. The summed E-state index contributed by atoms with van der Waals surface area (Å²) in [6, 6.07) is 14.3. The largest absolute Gasteiger partial charge is 0.342 e. The summed E-state index contributed by atoms with van der Waals surface area (Å²) in [5, 5.41) is 2.88. The Kier molecular flexibility index (Phi) is 4.47. The van der Waals surface area contributed by atoms with Gasteiger partial charge in [0, 0.05) is 36.8 Å². The maximum Gasteiger partial charge on any atom is 0.256 e. The molecular weight excluding hydrogens is 440 g/mol. The van der Waals surface area contributed by atoms with Crippen LogP contribution in [0.15, 0.2) is 47.5 Å². The molecule has 1 saturated heterocycles. The second-order valence-corrected chi connectivity index (χ2v) is 10.8. The van der Waals surface area contributed by atoms with Crippen LogP contribution in [0, 0.1) is 11.8 Å². The first-order valence-corrected chi connectivity index (χ1v) is 12.7. The van der Waals surface area contributed by atoms with E-state index in [2.05, 4.69) is 23.5 Å². The van der Waals surface area contributed by atoms with Crippen LogP contribution < -0.4 is 5.32 Å². The van der Waals surface area contributed by atoms with Crippen LogP contribution in [0.4, 0.5) is 5.69 Å². The Morgan fingerprint density at radius 1 is 1.00 bits per heavy atom. The standard InChI is InChI=1S/C28H28N4O3/c33-24-14-22-13-21(7-8-23(22)29-24)18-1-3-19(4-2-18)25-30-28(10-11-28)27(35)32(25)16-17-9-12-31(15-17)26(34)20-5-6-20/h1-4,7-8,13,17,20H,5-6,9-12,14-16H2,(H,29,33). The Hall–Kier alpha value is -3.48. The van der Waals surface area contributed by atoms with Crippen LogP contribution in [0.1, 0.15) is 43.2 Å². The number of hydrogen-bond donors (Lipinski definition) is 1. The first-order valence-electron chi connectivity index (χ1n) is 12.7. The molecular formula is C28H28N4O3. The van der Waals surface area contributed by atoms with Crippen LogP contribution in [0.25, 0.3) is 11.1 Å². The van der Waals surface area contributed by atoms with Crippen molar-refractivity contribution in [1.82, 2.24) is 9.80 Å². The summed E-state index contributed by atoms with van der Waals surface area (Å²) in [6.07, 6.45) is 5.06. The quantitative estimate of drug-likeness (QED) is 0.732. The molecule has 5 aliphatic rings. The highest BCUT2D eigenvalue weighted by molar-refractivity contribution is 6.16. The Morgan fingerprint density at radius 3 is 2.49 bits per heavy atom. The van der Waals surface area contributed by atoms with Crippen molar-refractivity contribution in [3.05, 3.63) is 53.6 Å². The number of carbonyl (C=O) groups is 3. The number of nitrogens with one attached hydrogen (secondary N) is 1. The third-order valence-electron chi connectivity index (χ3n) is 8.11. The Labute approximate surface area is 204 Å². The molecule has 2 aromatic rings. The Morgan fingerprint density at radius 2 is 1.74 bits per heavy atom. The summed E-state index contributed by atoms with van der Waals surface area (Å²) >= 11 is 0. The molecule has 1 unspecified atom stereocenters. The third-order valence-corrected chi connectivity index (χ3v) is 8.11. The van der Waals surface area contributed by atoms with Crippen LogP contribution in [0.2, 0.25) is 0 Å². The fraction of sp³-hybridized carbons (Fsp3) is 0.429. The molecule has 3 aliphatic heterocycles. The van der Waals surface area contributed by atoms with E-state index < -0.39 is 5.54 Å². The molecule has 7 heteroatoms. The Bertz CT molecular complexity index is 1290. The fourth-order valence-corrected chi connectivity index (χ4v) is 5.74. The van der Waals surface area contributed by atoms with Crippen molar-refractivity contribution in [1.29, 1.82) is 0 Å². The zero-order valence-electron chi connectivity index (χ0n) is 19.6. The van der Waals surface area contributed by atoms with Gasteiger partial charge in [0.05, 0.1) is 6.42 Å². The van der Waals surface area contributed by atoms with Gasteiger partial charge in [0.15, 0.2) is 0 Å². The van der Waals surface area contributed by atoms with Gasteiger partial charge < -0.3 is 10.2 Å². The molecule has 2 saturated carbocycles. The van der Waals surface area contributed by atoms with Gasteiger partial charge in [-0.1, -0.05) is 30.3 Å². The summed E-state index contributed by atoms with van der Waals surface area (Å²) < 4.78 is 0. The SMILES string of the molecule is O=C1Cc2cc(-c3ccc(C4=NC5(CC5)C(=O)N4CC4CCN(C(=O)C5CC5)C4)cc3)ccc2N1. The van der Waals surface area contributed by atoms with E-state index >= 15 is 0 Å². The number of anilines is 1. The molecule has 35 heavy (non-hydrogen) atoms. The van der Waals surface area contributed by atoms with E-state index in [0.717, 1.165) is 79.0 Å². The Balaban J connectivity index is 1.11. The number of hydrogen-bond acceptors (Lipinski definition) is 4. The first kappa shape index (κ1) is 20.9. The zero-order chi connectivity index (χ0) is 23.7. The van der Waals surface area contributed by atoms with Gasteiger partial charge in [-0.25, -0.2) is 0 Å². The van der Waals surface area contributed by atoms with Crippen LogP contribution in [-0.4, -0.2) is 58.5 Å². The lowest BCUT2D eigenvalue weighted by Crippen LogP contribution is -2.40. The molecule has 1 N–H and O–H groups in total. The smallest absolute Gasteiger partial charge is 0.256 e. The van der Waals surface area contributed by atoms with E-state index in [1.807, 2.05) is 34.1 Å². The average Bonchev–Trinajstić information content (AvgIpc) is 3.76. The second kappa shape index (κ2) is 7.51.